The maximum Gasteiger partial charge on any atom is 0.228 e. The first-order valence-electron chi connectivity index (χ1n) is 6.16. The normalized spacial score (nSPS) is 13.4. The summed E-state index contributed by atoms with van der Waals surface area (Å²) in [5, 5.41) is 2.77. The highest BCUT2D eigenvalue weighted by Crippen LogP contribution is 2.24. The van der Waals surface area contributed by atoms with Gasteiger partial charge in [0.1, 0.15) is 0 Å². The van der Waals surface area contributed by atoms with Crippen molar-refractivity contribution in [3.8, 4) is 0 Å². The average Bonchev–Trinajstić information content (AvgIpc) is 2.68. The molecule has 1 aromatic rings. The quantitative estimate of drug-likeness (QED) is 0.625. The molecule has 1 amide bonds. The molecule has 0 fully saturated rings. The number of fused-ring (bicyclic) bond motifs is 1. The molecule has 2 rings (SSSR count). The number of rotatable bonds is 5. The molecule has 0 atom stereocenters. The first-order valence-corrected chi connectivity index (χ1v) is 6.16. The van der Waals surface area contributed by atoms with Gasteiger partial charge in [0.25, 0.3) is 0 Å². The van der Waals surface area contributed by atoms with Crippen molar-refractivity contribution in [2.24, 2.45) is 0 Å². The Kier molecular flexibility index (Phi) is 3.57. The Labute approximate surface area is 101 Å². The SMILES string of the molecule is CCCCCC(=O)c1ccc2c(c1)CC(=O)N2. The van der Waals surface area contributed by atoms with Crippen molar-refractivity contribution in [2.75, 3.05) is 5.32 Å². The minimum atomic E-state index is 0.00980. The van der Waals surface area contributed by atoms with E-state index >= 15 is 0 Å². The van der Waals surface area contributed by atoms with Crippen LogP contribution in [0.4, 0.5) is 5.69 Å². The van der Waals surface area contributed by atoms with Crippen molar-refractivity contribution in [1.29, 1.82) is 0 Å². The smallest absolute Gasteiger partial charge is 0.228 e. The molecule has 3 nitrogen and oxygen atoms in total. The van der Waals surface area contributed by atoms with Crippen LogP contribution in [0.2, 0.25) is 0 Å². The Morgan fingerprint density at radius 2 is 2.18 bits per heavy atom. The molecule has 0 saturated carbocycles. The monoisotopic (exact) mass is 231 g/mol. The van der Waals surface area contributed by atoms with Crippen LogP contribution in [0.1, 0.15) is 48.5 Å². The second kappa shape index (κ2) is 5.13. The van der Waals surface area contributed by atoms with Crippen molar-refractivity contribution in [3.63, 3.8) is 0 Å². The van der Waals surface area contributed by atoms with Crippen LogP contribution in [-0.4, -0.2) is 11.7 Å². The van der Waals surface area contributed by atoms with E-state index in [0.29, 0.717) is 12.8 Å². The number of unbranched alkanes of at least 4 members (excludes halogenated alkanes) is 2. The predicted molar refractivity (Wildman–Crippen MR) is 67.2 cm³/mol. The summed E-state index contributed by atoms with van der Waals surface area (Å²) in [6.45, 7) is 2.12. The number of amides is 1. The van der Waals surface area contributed by atoms with Crippen LogP contribution in [0.3, 0.4) is 0 Å². The van der Waals surface area contributed by atoms with Crippen LogP contribution < -0.4 is 5.32 Å². The lowest BCUT2D eigenvalue weighted by Crippen LogP contribution is -2.03. The Morgan fingerprint density at radius 3 is 2.94 bits per heavy atom. The number of carbonyl (C=O) groups is 2. The number of benzene rings is 1. The Balaban J connectivity index is 2.05. The van der Waals surface area contributed by atoms with E-state index in [4.69, 9.17) is 0 Å². The third-order valence-corrected chi connectivity index (χ3v) is 3.06. The summed E-state index contributed by atoms with van der Waals surface area (Å²) in [6.07, 6.45) is 4.16. The number of carbonyl (C=O) groups excluding carboxylic acids is 2. The lowest BCUT2D eigenvalue weighted by atomic mass is 10.0. The van der Waals surface area contributed by atoms with Gasteiger partial charge < -0.3 is 5.32 Å². The lowest BCUT2D eigenvalue weighted by Gasteiger charge is -2.03. The Hall–Kier alpha value is -1.64. The Bertz CT molecular complexity index is 452. The molecule has 1 heterocycles. The van der Waals surface area contributed by atoms with E-state index in [-0.39, 0.29) is 11.7 Å². The van der Waals surface area contributed by atoms with Gasteiger partial charge in [-0.05, 0) is 30.2 Å². The largest absolute Gasteiger partial charge is 0.326 e. The van der Waals surface area contributed by atoms with Gasteiger partial charge in [0.15, 0.2) is 5.78 Å². The van der Waals surface area contributed by atoms with Crippen LogP contribution in [-0.2, 0) is 11.2 Å². The summed E-state index contributed by atoms with van der Waals surface area (Å²) in [4.78, 5) is 23.1. The van der Waals surface area contributed by atoms with E-state index in [1.54, 1.807) is 6.07 Å². The molecule has 17 heavy (non-hydrogen) atoms. The predicted octanol–water partition coefficient (Wildman–Crippen LogP) is 2.94. The van der Waals surface area contributed by atoms with Gasteiger partial charge in [-0.1, -0.05) is 19.8 Å². The summed E-state index contributed by atoms with van der Waals surface area (Å²) < 4.78 is 0. The summed E-state index contributed by atoms with van der Waals surface area (Å²) >= 11 is 0. The summed E-state index contributed by atoms with van der Waals surface area (Å²) in [7, 11) is 0. The number of hydrogen-bond acceptors (Lipinski definition) is 2. The number of ketones is 1. The minimum Gasteiger partial charge on any atom is -0.326 e. The van der Waals surface area contributed by atoms with Crippen molar-refractivity contribution in [1.82, 2.24) is 0 Å². The van der Waals surface area contributed by atoms with Gasteiger partial charge in [0.05, 0.1) is 6.42 Å². The number of Topliss-reactive ketones (excluding diaryl/α,β-unsaturated/α-hetero) is 1. The molecule has 1 aliphatic rings. The molecule has 3 heteroatoms. The fraction of sp³-hybridized carbons (Fsp3) is 0.429. The topological polar surface area (TPSA) is 46.2 Å². The van der Waals surface area contributed by atoms with Crippen LogP contribution in [0, 0.1) is 0 Å². The Morgan fingerprint density at radius 1 is 1.35 bits per heavy atom. The molecule has 90 valence electrons. The van der Waals surface area contributed by atoms with Crippen molar-refractivity contribution >= 4 is 17.4 Å². The van der Waals surface area contributed by atoms with Crippen LogP contribution in [0.5, 0.6) is 0 Å². The van der Waals surface area contributed by atoms with Crippen molar-refractivity contribution in [2.45, 2.75) is 39.0 Å². The van der Waals surface area contributed by atoms with E-state index < -0.39 is 0 Å². The molecule has 0 radical (unpaired) electrons. The fourth-order valence-electron chi connectivity index (χ4n) is 2.08. The summed E-state index contributed by atoms with van der Waals surface area (Å²) in [5.41, 5.74) is 2.52. The molecule has 0 saturated heterocycles. The van der Waals surface area contributed by atoms with E-state index in [9.17, 15) is 9.59 Å². The molecule has 0 bridgehead atoms. The molecule has 0 spiro atoms. The molecular formula is C14H17NO2. The molecule has 0 aliphatic carbocycles. The standard InChI is InChI=1S/C14H17NO2/c1-2-3-4-5-13(16)10-6-7-12-11(8-10)9-14(17)15-12/h6-8H,2-5,9H2,1H3,(H,15,17). The third-order valence-electron chi connectivity index (χ3n) is 3.06. The number of anilines is 1. The third kappa shape index (κ3) is 2.73. The number of hydrogen-bond donors (Lipinski definition) is 1. The van der Waals surface area contributed by atoms with Gasteiger partial charge in [-0.15, -0.1) is 0 Å². The van der Waals surface area contributed by atoms with Gasteiger partial charge in [-0.2, -0.15) is 0 Å². The lowest BCUT2D eigenvalue weighted by molar-refractivity contribution is -0.115. The zero-order valence-electron chi connectivity index (χ0n) is 10.1. The van der Waals surface area contributed by atoms with Gasteiger partial charge in [-0.3, -0.25) is 9.59 Å². The maximum atomic E-state index is 11.9. The zero-order chi connectivity index (χ0) is 12.3. The maximum absolute atomic E-state index is 11.9. The summed E-state index contributed by atoms with van der Waals surface area (Å²) in [6, 6.07) is 5.48. The second-order valence-electron chi connectivity index (χ2n) is 4.48. The molecule has 1 aromatic carbocycles. The first-order chi connectivity index (χ1) is 8.20. The van der Waals surface area contributed by atoms with Crippen LogP contribution in [0.25, 0.3) is 0 Å². The van der Waals surface area contributed by atoms with Gasteiger partial charge in [0.2, 0.25) is 5.91 Å². The van der Waals surface area contributed by atoms with Crippen LogP contribution >= 0.6 is 0 Å². The van der Waals surface area contributed by atoms with Gasteiger partial charge >= 0.3 is 0 Å². The fourth-order valence-corrected chi connectivity index (χ4v) is 2.08. The molecule has 1 aliphatic heterocycles. The van der Waals surface area contributed by atoms with Crippen molar-refractivity contribution < 1.29 is 9.59 Å². The molecule has 1 N–H and O–H groups in total. The van der Waals surface area contributed by atoms with E-state index in [0.717, 1.165) is 36.1 Å². The van der Waals surface area contributed by atoms with E-state index in [1.165, 1.54) is 0 Å². The highest BCUT2D eigenvalue weighted by atomic mass is 16.1. The average molecular weight is 231 g/mol. The highest BCUT2D eigenvalue weighted by Gasteiger charge is 2.18. The molecule has 0 unspecified atom stereocenters. The minimum absolute atomic E-state index is 0.00980. The first kappa shape index (κ1) is 11.8. The van der Waals surface area contributed by atoms with E-state index in [2.05, 4.69) is 12.2 Å². The molecular weight excluding hydrogens is 214 g/mol. The molecule has 0 aromatic heterocycles. The van der Waals surface area contributed by atoms with Crippen molar-refractivity contribution in [3.05, 3.63) is 29.3 Å². The summed E-state index contributed by atoms with van der Waals surface area (Å²) in [5.74, 6) is 0.191. The highest BCUT2D eigenvalue weighted by molar-refractivity contribution is 6.02. The second-order valence-corrected chi connectivity index (χ2v) is 4.48. The number of nitrogens with one attached hydrogen (secondary N) is 1. The van der Waals surface area contributed by atoms with Gasteiger partial charge in [-0.25, -0.2) is 0 Å². The van der Waals surface area contributed by atoms with Crippen LogP contribution in [0.15, 0.2) is 18.2 Å². The zero-order valence-corrected chi connectivity index (χ0v) is 10.1. The van der Waals surface area contributed by atoms with Gasteiger partial charge in [0, 0.05) is 17.7 Å². The van der Waals surface area contributed by atoms with E-state index in [1.807, 2.05) is 12.1 Å².